The van der Waals surface area contributed by atoms with Crippen molar-refractivity contribution in [1.29, 1.82) is 0 Å². The Morgan fingerprint density at radius 2 is 1.56 bits per heavy atom. The lowest BCUT2D eigenvalue weighted by atomic mass is 10.1. The van der Waals surface area contributed by atoms with E-state index in [-0.39, 0.29) is 5.56 Å². The number of carboxylic acids is 1. The molecule has 0 aliphatic heterocycles. The smallest absolute Gasteiger partial charge is 0.338 e. The Morgan fingerprint density at radius 1 is 0.889 bits per heavy atom. The van der Waals surface area contributed by atoms with Crippen LogP contribution in [0.15, 0.2) is 78.9 Å². The standard InChI is InChI=1S/C22H15NO4/c24-14-27-17-12-10-16(11-13-17)23-19-9-5-4-8-18(19)20(22(25)26)21(23)15-6-2-1-3-7-15/h1-14H,(H,25,26). The minimum absolute atomic E-state index is 0.255. The largest absolute Gasteiger partial charge is 0.478 e. The molecule has 0 fully saturated rings. The first-order valence-corrected chi connectivity index (χ1v) is 8.33. The number of hydrogen-bond donors (Lipinski definition) is 1. The van der Waals surface area contributed by atoms with E-state index in [0.29, 0.717) is 23.3 Å². The second-order valence-electron chi connectivity index (χ2n) is 5.96. The lowest BCUT2D eigenvalue weighted by Gasteiger charge is -2.12. The number of hydrogen-bond acceptors (Lipinski definition) is 3. The maximum Gasteiger partial charge on any atom is 0.338 e. The van der Waals surface area contributed by atoms with Gasteiger partial charge in [0.05, 0.1) is 16.8 Å². The molecule has 3 aromatic carbocycles. The molecule has 5 nitrogen and oxygen atoms in total. The van der Waals surface area contributed by atoms with Crippen LogP contribution in [0.3, 0.4) is 0 Å². The van der Waals surface area contributed by atoms with E-state index in [2.05, 4.69) is 0 Å². The summed E-state index contributed by atoms with van der Waals surface area (Å²) in [6.45, 7) is 0.373. The molecule has 0 amide bonds. The number of benzene rings is 3. The number of carboxylic acid groups (broad SMARTS) is 1. The highest BCUT2D eigenvalue weighted by Gasteiger charge is 2.23. The molecule has 27 heavy (non-hydrogen) atoms. The Bertz CT molecular complexity index is 1130. The fourth-order valence-corrected chi connectivity index (χ4v) is 3.32. The average molecular weight is 357 g/mol. The third kappa shape index (κ3) is 2.85. The highest BCUT2D eigenvalue weighted by Crippen LogP contribution is 2.36. The first-order chi connectivity index (χ1) is 13.2. The molecule has 1 heterocycles. The predicted molar refractivity (Wildman–Crippen MR) is 102 cm³/mol. The summed E-state index contributed by atoms with van der Waals surface area (Å²) in [6, 6.07) is 23.8. The molecule has 132 valence electrons. The van der Waals surface area contributed by atoms with Gasteiger partial charge in [-0.3, -0.25) is 4.79 Å². The van der Waals surface area contributed by atoms with E-state index in [1.165, 1.54) is 0 Å². The molecule has 1 aromatic heterocycles. The third-order valence-corrected chi connectivity index (χ3v) is 4.41. The number of aromatic nitrogens is 1. The first-order valence-electron chi connectivity index (χ1n) is 8.33. The predicted octanol–water partition coefficient (Wildman–Crippen LogP) is 4.53. The normalized spacial score (nSPS) is 10.7. The number of carbonyl (C=O) groups excluding carboxylic acids is 1. The third-order valence-electron chi connectivity index (χ3n) is 4.41. The molecular weight excluding hydrogens is 342 g/mol. The van der Waals surface area contributed by atoms with E-state index in [1.807, 2.05) is 59.2 Å². The monoisotopic (exact) mass is 357 g/mol. The number of ether oxygens (including phenoxy) is 1. The van der Waals surface area contributed by atoms with Gasteiger partial charge in [-0.1, -0.05) is 48.5 Å². The highest BCUT2D eigenvalue weighted by atomic mass is 16.5. The zero-order valence-corrected chi connectivity index (χ0v) is 14.2. The second kappa shape index (κ2) is 6.80. The van der Waals surface area contributed by atoms with Gasteiger partial charge in [-0.05, 0) is 35.9 Å². The van der Waals surface area contributed by atoms with E-state index in [9.17, 15) is 14.7 Å². The molecule has 0 spiro atoms. The minimum Gasteiger partial charge on any atom is -0.478 e. The zero-order valence-electron chi connectivity index (χ0n) is 14.2. The van der Waals surface area contributed by atoms with Crippen molar-refractivity contribution in [3.8, 4) is 22.7 Å². The van der Waals surface area contributed by atoms with E-state index in [1.54, 1.807) is 24.3 Å². The Balaban J connectivity index is 2.07. The van der Waals surface area contributed by atoms with Crippen LogP contribution < -0.4 is 4.74 Å². The van der Waals surface area contributed by atoms with Gasteiger partial charge in [-0.2, -0.15) is 0 Å². The Morgan fingerprint density at radius 3 is 2.22 bits per heavy atom. The van der Waals surface area contributed by atoms with Gasteiger partial charge in [0.25, 0.3) is 6.47 Å². The lowest BCUT2D eigenvalue weighted by Crippen LogP contribution is -2.02. The molecule has 0 atom stereocenters. The van der Waals surface area contributed by atoms with Crippen LogP contribution >= 0.6 is 0 Å². The van der Waals surface area contributed by atoms with Gasteiger partial charge in [0, 0.05) is 11.1 Å². The van der Waals surface area contributed by atoms with E-state index in [0.717, 1.165) is 16.8 Å². The molecule has 5 heteroatoms. The van der Waals surface area contributed by atoms with Crippen molar-refractivity contribution in [3.63, 3.8) is 0 Å². The lowest BCUT2D eigenvalue weighted by molar-refractivity contribution is -0.120. The van der Waals surface area contributed by atoms with Crippen molar-refractivity contribution in [1.82, 2.24) is 4.57 Å². The number of para-hydroxylation sites is 1. The van der Waals surface area contributed by atoms with Gasteiger partial charge in [-0.25, -0.2) is 4.79 Å². The Kier molecular flexibility index (Phi) is 4.18. The summed E-state index contributed by atoms with van der Waals surface area (Å²) in [6.07, 6.45) is 0. The molecule has 0 unspecified atom stereocenters. The number of fused-ring (bicyclic) bond motifs is 1. The van der Waals surface area contributed by atoms with Crippen molar-refractivity contribution in [2.24, 2.45) is 0 Å². The first kappa shape index (κ1) is 16.6. The quantitative estimate of drug-likeness (QED) is 0.533. The van der Waals surface area contributed by atoms with Crippen molar-refractivity contribution in [3.05, 3.63) is 84.4 Å². The van der Waals surface area contributed by atoms with Gasteiger partial charge < -0.3 is 14.4 Å². The van der Waals surface area contributed by atoms with Gasteiger partial charge in [0.2, 0.25) is 0 Å². The van der Waals surface area contributed by atoms with Crippen LogP contribution in [0, 0.1) is 0 Å². The summed E-state index contributed by atoms with van der Waals surface area (Å²) in [5.41, 5.74) is 3.23. The Labute approximate surface area is 155 Å². The maximum atomic E-state index is 12.1. The SMILES string of the molecule is O=COc1ccc(-n2c(-c3ccccc3)c(C(=O)O)c3ccccc32)cc1. The van der Waals surface area contributed by atoms with Crippen molar-refractivity contribution in [2.75, 3.05) is 0 Å². The van der Waals surface area contributed by atoms with Crippen LogP contribution in [0.2, 0.25) is 0 Å². The van der Waals surface area contributed by atoms with Gasteiger partial charge in [-0.15, -0.1) is 0 Å². The van der Waals surface area contributed by atoms with Gasteiger partial charge in [0.1, 0.15) is 5.75 Å². The van der Waals surface area contributed by atoms with E-state index >= 15 is 0 Å². The summed E-state index contributed by atoms with van der Waals surface area (Å²) in [5.74, 6) is -0.561. The Hall–Kier alpha value is -3.86. The van der Waals surface area contributed by atoms with Crippen LogP contribution in [0.4, 0.5) is 0 Å². The summed E-state index contributed by atoms with van der Waals surface area (Å²) >= 11 is 0. The number of carbonyl (C=O) groups is 2. The molecule has 4 aromatic rings. The summed E-state index contributed by atoms with van der Waals surface area (Å²) in [5, 5.41) is 10.6. The molecular formula is C22H15NO4. The number of rotatable bonds is 5. The number of aromatic carboxylic acids is 1. The molecule has 0 radical (unpaired) electrons. The fourth-order valence-electron chi connectivity index (χ4n) is 3.32. The summed E-state index contributed by atoms with van der Waals surface area (Å²) in [7, 11) is 0. The molecule has 0 bridgehead atoms. The fraction of sp³-hybridized carbons (Fsp3) is 0. The summed E-state index contributed by atoms with van der Waals surface area (Å²) < 4.78 is 6.77. The van der Waals surface area contributed by atoms with Crippen molar-refractivity contribution >= 4 is 23.3 Å². The van der Waals surface area contributed by atoms with Gasteiger partial charge in [0.15, 0.2) is 0 Å². The van der Waals surface area contributed by atoms with Crippen LogP contribution in [-0.4, -0.2) is 22.1 Å². The molecule has 1 N–H and O–H groups in total. The van der Waals surface area contributed by atoms with Crippen LogP contribution in [0.1, 0.15) is 10.4 Å². The molecule has 0 aliphatic carbocycles. The zero-order chi connectivity index (χ0) is 18.8. The average Bonchev–Trinajstić information content (AvgIpc) is 3.05. The maximum absolute atomic E-state index is 12.1. The van der Waals surface area contributed by atoms with Gasteiger partial charge >= 0.3 is 5.97 Å². The molecule has 0 saturated heterocycles. The van der Waals surface area contributed by atoms with Crippen LogP contribution in [0.25, 0.3) is 27.8 Å². The van der Waals surface area contributed by atoms with Crippen molar-refractivity contribution < 1.29 is 19.4 Å². The molecule has 0 aliphatic rings. The molecule has 0 saturated carbocycles. The second-order valence-corrected chi connectivity index (χ2v) is 5.96. The van der Waals surface area contributed by atoms with E-state index < -0.39 is 5.97 Å². The van der Waals surface area contributed by atoms with Crippen molar-refractivity contribution in [2.45, 2.75) is 0 Å². The minimum atomic E-state index is -0.982. The van der Waals surface area contributed by atoms with Crippen LogP contribution in [-0.2, 0) is 4.79 Å². The summed E-state index contributed by atoms with van der Waals surface area (Å²) in [4.78, 5) is 22.6. The highest BCUT2D eigenvalue weighted by molar-refractivity contribution is 6.10. The number of nitrogens with zero attached hydrogens (tertiary/aromatic N) is 1. The topological polar surface area (TPSA) is 68.5 Å². The molecule has 4 rings (SSSR count). The van der Waals surface area contributed by atoms with Crippen LogP contribution in [0.5, 0.6) is 5.75 Å². The van der Waals surface area contributed by atoms with E-state index in [4.69, 9.17) is 4.74 Å².